The number of nitrogens with zero attached hydrogens (tertiary/aromatic N) is 1. The fraction of sp³-hybridized carbons (Fsp3) is 0.893. The number of unbranched alkanes of at least 4 members (excludes halogenated alkanes) is 3. The Morgan fingerprint density at radius 2 is 1.42 bits per heavy atom. The Morgan fingerprint density at radius 3 is 1.95 bits per heavy atom. The first-order valence-electron chi connectivity index (χ1n) is 14.2. The molecule has 0 aromatic rings. The topological polar surface area (TPSA) is 111 Å². The lowest BCUT2D eigenvalue weighted by molar-refractivity contribution is -0.890. The molecule has 0 rings (SSSR count). The van der Waals surface area contributed by atoms with Crippen molar-refractivity contribution in [1.29, 1.82) is 0 Å². The Bertz CT molecular complexity index is 682. The molecular formula is C28H57NO8S. The number of carbonyl (C=O) groups excluding carboxylic acids is 1. The molecule has 38 heavy (non-hydrogen) atoms. The summed E-state index contributed by atoms with van der Waals surface area (Å²) in [6.45, 7) is 17.6. The van der Waals surface area contributed by atoms with Crippen LogP contribution in [-0.2, 0) is 33.9 Å². The molecule has 0 amide bonds. The minimum atomic E-state index is -4.09. The smallest absolute Gasteiger partial charge is 0.333 e. The molecule has 0 aromatic carbocycles. The zero-order chi connectivity index (χ0) is 29.3. The number of quaternary nitrogens is 1. The van der Waals surface area contributed by atoms with Gasteiger partial charge in [0, 0.05) is 24.5 Å². The Labute approximate surface area is 233 Å². The molecule has 1 unspecified atom stereocenters. The molecular weight excluding hydrogens is 510 g/mol. The SMILES string of the molecule is C=C(C)C(=O)OCC[N+](C)(C)CCCC.CCCCC(CC)COCCOCCOCCCCS(=O)(=O)[O-]. The van der Waals surface area contributed by atoms with Crippen molar-refractivity contribution in [3.8, 4) is 0 Å². The zero-order valence-electron chi connectivity index (χ0n) is 25.1. The maximum Gasteiger partial charge on any atom is 0.333 e. The molecule has 0 fully saturated rings. The van der Waals surface area contributed by atoms with Crippen LogP contribution in [0.2, 0.25) is 0 Å². The van der Waals surface area contributed by atoms with Gasteiger partial charge in [-0.25, -0.2) is 13.2 Å². The van der Waals surface area contributed by atoms with Gasteiger partial charge in [0.25, 0.3) is 0 Å². The Balaban J connectivity index is 0. The summed E-state index contributed by atoms with van der Waals surface area (Å²) in [5, 5.41) is 0. The Morgan fingerprint density at radius 1 is 0.842 bits per heavy atom. The first-order chi connectivity index (χ1) is 17.9. The highest BCUT2D eigenvalue weighted by molar-refractivity contribution is 7.85. The van der Waals surface area contributed by atoms with Gasteiger partial charge in [0.2, 0.25) is 0 Å². The van der Waals surface area contributed by atoms with Gasteiger partial charge in [-0.3, -0.25) is 0 Å². The Kier molecular flexibility index (Phi) is 25.7. The summed E-state index contributed by atoms with van der Waals surface area (Å²) in [5.74, 6) is 0.0444. The van der Waals surface area contributed by atoms with Gasteiger partial charge >= 0.3 is 5.97 Å². The molecule has 0 aliphatic heterocycles. The number of hydrogen-bond acceptors (Lipinski definition) is 8. The highest BCUT2D eigenvalue weighted by Gasteiger charge is 2.15. The monoisotopic (exact) mass is 567 g/mol. The second kappa shape index (κ2) is 25.0. The number of hydrogen-bond donors (Lipinski definition) is 0. The summed E-state index contributed by atoms with van der Waals surface area (Å²) >= 11 is 0. The van der Waals surface area contributed by atoms with Crippen LogP contribution in [0, 0.1) is 5.92 Å². The number of ether oxygens (including phenoxy) is 4. The first kappa shape index (κ1) is 39.1. The van der Waals surface area contributed by atoms with Crippen molar-refractivity contribution in [1.82, 2.24) is 0 Å². The molecule has 0 radical (unpaired) electrons. The molecule has 0 heterocycles. The minimum Gasteiger partial charge on any atom is -0.748 e. The molecule has 10 heteroatoms. The zero-order valence-corrected chi connectivity index (χ0v) is 26.0. The van der Waals surface area contributed by atoms with Gasteiger partial charge in [-0.2, -0.15) is 0 Å². The van der Waals surface area contributed by atoms with Gasteiger partial charge in [0.05, 0.1) is 57.2 Å². The van der Waals surface area contributed by atoms with Crippen molar-refractivity contribution in [3.05, 3.63) is 12.2 Å². The van der Waals surface area contributed by atoms with Gasteiger partial charge in [0.1, 0.15) is 13.2 Å². The predicted molar refractivity (Wildman–Crippen MR) is 152 cm³/mol. The third kappa shape index (κ3) is 29.5. The van der Waals surface area contributed by atoms with E-state index >= 15 is 0 Å². The molecule has 0 aliphatic carbocycles. The van der Waals surface area contributed by atoms with Crippen LogP contribution >= 0.6 is 0 Å². The van der Waals surface area contributed by atoms with Crippen molar-refractivity contribution in [2.24, 2.45) is 5.92 Å². The predicted octanol–water partition coefficient (Wildman–Crippen LogP) is 4.56. The van der Waals surface area contributed by atoms with E-state index in [0.29, 0.717) is 64.0 Å². The molecule has 0 N–H and O–H groups in total. The summed E-state index contributed by atoms with van der Waals surface area (Å²) in [7, 11) is 0.222. The van der Waals surface area contributed by atoms with Crippen LogP contribution in [-0.4, -0.2) is 103 Å². The van der Waals surface area contributed by atoms with E-state index in [4.69, 9.17) is 18.9 Å². The van der Waals surface area contributed by atoms with Crippen molar-refractivity contribution in [2.75, 3.05) is 79.2 Å². The van der Waals surface area contributed by atoms with Crippen molar-refractivity contribution < 1.29 is 41.2 Å². The summed E-state index contributed by atoms with van der Waals surface area (Å²) in [6, 6.07) is 0. The maximum absolute atomic E-state index is 11.1. The van der Waals surface area contributed by atoms with Gasteiger partial charge in [0.15, 0.2) is 0 Å². The molecule has 0 aromatic heterocycles. The molecule has 9 nitrogen and oxygen atoms in total. The van der Waals surface area contributed by atoms with E-state index in [9.17, 15) is 17.8 Å². The number of carbonyl (C=O) groups is 1. The van der Waals surface area contributed by atoms with Gasteiger partial charge < -0.3 is 28.0 Å². The third-order valence-corrected chi connectivity index (χ3v) is 6.76. The molecule has 0 bridgehead atoms. The van der Waals surface area contributed by atoms with E-state index in [1.807, 2.05) is 0 Å². The van der Waals surface area contributed by atoms with E-state index < -0.39 is 10.1 Å². The molecule has 228 valence electrons. The lowest BCUT2D eigenvalue weighted by atomic mass is 10.0. The fourth-order valence-corrected chi connectivity index (χ4v) is 3.84. The molecule has 0 saturated carbocycles. The average molecular weight is 568 g/mol. The summed E-state index contributed by atoms with van der Waals surface area (Å²) in [4.78, 5) is 11.1. The van der Waals surface area contributed by atoms with Gasteiger partial charge in [-0.05, 0) is 38.5 Å². The van der Waals surface area contributed by atoms with Crippen LogP contribution in [0.4, 0.5) is 0 Å². The van der Waals surface area contributed by atoms with Crippen molar-refractivity contribution in [2.45, 2.75) is 79.1 Å². The van der Waals surface area contributed by atoms with E-state index in [1.54, 1.807) is 6.92 Å². The van der Waals surface area contributed by atoms with Crippen molar-refractivity contribution in [3.63, 3.8) is 0 Å². The number of likely N-dealkylation sites (N-methyl/N-ethyl adjacent to an activating group) is 1. The third-order valence-electron chi connectivity index (χ3n) is 5.97. The lowest BCUT2D eigenvalue weighted by Crippen LogP contribution is -2.43. The van der Waals surface area contributed by atoms with Crippen LogP contribution < -0.4 is 0 Å². The lowest BCUT2D eigenvalue weighted by Gasteiger charge is -2.29. The Hall–Kier alpha value is -1.04. The molecule has 1 atom stereocenters. The minimum absolute atomic E-state index is 0.287. The molecule has 0 saturated heterocycles. The van der Waals surface area contributed by atoms with Crippen molar-refractivity contribution >= 4 is 16.1 Å². The summed E-state index contributed by atoms with van der Waals surface area (Å²) < 4.78 is 53.4. The normalized spacial score (nSPS) is 12.5. The summed E-state index contributed by atoms with van der Waals surface area (Å²) in [5.41, 5.74) is 0.467. The van der Waals surface area contributed by atoms with Crippen LogP contribution in [0.25, 0.3) is 0 Å². The maximum atomic E-state index is 11.1. The van der Waals surface area contributed by atoms with Crippen LogP contribution in [0.5, 0.6) is 0 Å². The van der Waals surface area contributed by atoms with E-state index in [0.717, 1.165) is 30.6 Å². The standard InChI is InChI=1S/C16H34O6S.C12H24NO2/c1-3-5-8-16(4-2)15-22-13-12-21-11-10-20-9-6-7-14-23(17,18)19;1-6-7-8-13(4,5)9-10-15-12(14)11(2)3/h16H,3-15H2,1-2H3,(H,17,18,19);2,6-10H2,1,3-5H3/q;+1/p-1. The summed E-state index contributed by atoms with van der Waals surface area (Å²) in [6.07, 6.45) is 8.20. The van der Waals surface area contributed by atoms with Crippen LogP contribution in [0.3, 0.4) is 0 Å². The highest BCUT2D eigenvalue weighted by atomic mass is 32.2. The first-order valence-corrected chi connectivity index (χ1v) is 15.8. The second-order valence-corrected chi connectivity index (χ2v) is 11.9. The molecule has 0 spiro atoms. The fourth-order valence-electron chi connectivity index (χ4n) is 3.28. The highest BCUT2D eigenvalue weighted by Crippen LogP contribution is 2.12. The van der Waals surface area contributed by atoms with Crippen LogP contribution in [0.1, 0.15) is 79.1 Å². The number of rotatable bonds is 24. The van der Waals surface area contributed by atoms with E-state index in [1.165, 1.54) is 32.1 Å². The van der Waals surface area contributed by atoms with Gasteiger partial charge in [-0.1, -0.05) is 53.0 Å². The quantitative estimate of drug-likeness (QED) is 0.0549. The van der Waals surface area contributed by atoms with Gasteiger partial charge in [-0.15, -0.1) is 0 Å². The van der Waals surface area contributed by atoms with E-state index in [2.05, 4.69) is 41.4 Å². The van der Waals surface area contributed by atoms with E-state index in [-0.39, 0.29) is 11.7 Å². The largest absolute Gasteiger partial charge is 0.748 e. The second-order valence-electron chi connectivity index (χ2n) is 10.3. The number of esters is 1. The molecule has 0 aliphatic rings. The van der Waals surface area contributed by atoms with Crippen LogP contribution in [0.15, 0.2) is 12.2 Å². The average Bonchev–Trinajstić information content (AvgIpc) is 2.84.